The van der Waals surface area contributed by atoms with Gasteiger partial charge in [0.05, 0.1) is 10.9 Å². The summed E-state index contributed by atoms with van der Waals surface area (Å²) in [5, 5.41) is 12.0. The van der Waals surface area contributed by atoms with Crippen LogP contribution < -0.4 is 5.56 Å². The monoisotopic (exact) mass is 234 g/mol. The van der Waals surface area contributed by atoms with Gasteiger partial charge < -0.3 is 5.11 Å². The van der Waals surface area contributed by atoms with Crippen molar-refractivity contribution in [1.29, 1.82) is 0 Å². The van der Waals surface area contributed by atoms with Gasteiger partial charge in [0.25, 0.3) is 5.56 Å². The molecule has 0 spiro atoms. The zero-order valence-corrected chi connectivity index (χ0v) is 9.56. The highest BCUT2D eigenvalue weighted by atomic mass is 16.4. The zero-order chi connectivity index (χ0) is 12.4. The Morgan fingerprint density at radius 3 is 2.88 bits per heavy atom. The van der Waals surface area contributed by atoms with Crippen molar-refractivity contribution in [2.24, 2.45) is 0 Å². The van der Waals surface area contributed by atoms with Gasteiger partial charge in [0.15, 0.2) is 0 Å². The van der Waals surface area contributed by atoms with E-state index in [9.17, 15) is 9.59 Å². The quantitative estimate of drug-likeness (QED) is 0.838. The van der Waals surface area contributed by atoms with E-state index in [1.807, 2.05) is 19.1 Å². The van der Waals surface area contributed by atoms with E-state index in [0.29, 0.717) is 18.4 Å². The van der Waals surface area contributed by atoms with Gasteiger partial charge in [-0.1, -0.05) is 6.07 Å². The maximum absolute atomic E-state index is 11.7. The normalized spacial score (nSPS) is 10.9. The molecule has 17 heavy (non-hydrogen) atoms. The SMILES string of the molecule is CCn1[nH]c(=O)c2cc(CCC(=O)O)ccc21. The molecule has 0 saturated carbocycles. The maximum atomic E-state index is 11.7. The predicted molar refractivity (Wildman–Crippen MR) is 64.2 cm³/mol. The van der Waals surface area contributed by atoms with Gasteiger partial charge >= 0.3 is 5.97 Å². The number of aromatic nitrogens is 2. The first-order valence-corrected chi connectivity index (χ1v) is 5.55. The number of nitrogens with zero attached hydrogens (tertiary/aromatic N) is 1. The average Bonchev–Trinajstić information content (AvgIpc) is 2.63. The molecule has 5 heteroatoms. The van der Waals surface area contributed by atoms with Gasteiger partial charge in [0, 0.05) is 13.0 Å². The molecule has 2 rings (SSSR count). The number of fused-ring (bicyclic) bond motifs is 1. The number of aromatic amines is 1. The number of carbonyl (C=O) groups is 1. The number of carboxylic acids is 1. The lowest BCUT2D eigenvalue weighted by molar-refractivity contribution is -0.136. The first-order valence-electron chi connectivity index (χ1n) is 5.55. The lowest BCUT2D eigenvalue weighted by Crippen LogP contribution is -2.03. The summed E-state index contributed by atoms with van der Waals surface area (Å²) in [5.74, 6) is -0.829. The van der Waals surface area contributed by atoms with Crippen LogP contribution in [0.4, 0.5) is 0 Å². The number of nitrogens with one attached hydrogen (secondary N) is 1. The van der Waals surface area contributed by atoms with E-state index >= 15 is 0 Å². The molecule has 0 radical (unpaired) electrons. The van der Waals surface area contributed by atoms with Crippen LogP contribution in [0.15, 0.2) is 23.0 Å². The Morgan fingerprint density at radius 2 is 2.24 bits per heavy atom. The van der Waals surface area contributed by atoms with Gasteiger partial charge in [-0.15, -0.1) is 0 Å². The minimum atomic E-state index is -0.829. The summed E-state index contributed by atoms with van der Waals surface area (Å²) in [6.45, 7) is 2.65. The van der Waals surface area contributed by atoms with Crippen molar-refractivity contribution in [3.8, 4) is 0 Å². The zero-order valence-electron chi connectivity index (χ0n) is 9.56. The second kappa shape index (κ2) is 4.45. The van der Waals surface area contributed by atoms with Gasteiger partial charge in [0.1, 0.15) is 0 Å². The second-order valence-electron chi connectivity index (χ2n) is 3.93. The molecular weight excluding hydrogens is 220 g/mol. The molecule has 5 nitrogen and oxygen atoms in total. The van der Waals surface area contributed by atoms with Crippen molar-refractivity contribution >= 4 is 16.9 Å². The number of benzene rings is 1. The standard InChI is InChI=1S/C12H14N2O3/c1-2-14-10-5-3-8(4-6-11(15)16)7-9(10)12(17)13-14/h3,5,7H,2,4,6H2,1H3,(H,13,17)(H,15,16). The van der Waals surface area contributed by atoms with Crippen LogP contribution in [0, 0.1) is 0 Å². The minimum absolute atomic E-state index is 0.0812. The van der Waals surface area contributed by atoms with Gasteiger partial charge in [0.2, 0.25) is 0 Å². The number of aliphatic carboxylic acids is 1. The predicted octanol–water partition coefficient (Wildman–Crippen LogP) is 1.37. The van der Waals surface area contributed by atoms with E-state index in [-0.39, 0.29) is 12.0 Å². The highest BCUT2D eigenvalue weighted by Gasteiger charge is 2.07. The molecule has 0 saturated heterocycles. The fourth-order valence-corrected chi connectivity index (χ4v) is 1.90. The third kappa shape index (κ3) is 2.22. The Bertz CT molecular complexity index is 610. The van der Waals surface area contributed by atoms with Crippen molar-refractivity contribution in [3.05, 3.63) is 34.1 Å². The van der Waals surface area contributed by atoms with Crippen molar-refractivity contribution < 1.29 is 9.90 Å². The summed E-state index contributed by atoms with van der Waals surface area (Å²) >= 11 is 0. The molecule has 0 aliphatic rings. The lowest BCUT2D eigenvalue weighted by Gasteiger charge is -2.01. The molecule has 2 N–H and O–H groups in total. The number of rotatable bonds is 4. The van der Waals surface area contributed by atoms with E-state index in [1.165, 1.54) is 0 Å². The largest absolute Gasteiger partial charge is 0.481 e. The number of carboxylic acid groups (broad SMARTS) is 1. The molecule has 1 heterocycles. The summed E-state index contributed by atoms with van der Waals surface area (Å²) in [5.41, 5.74) is 1.61. The van der Waals surface area contributed by atoms with Crippen molar-refractivity contribution in [2.75, 3.05) is 0 Å². The summed E-state index contributed by atoms with van der Waals surface area (Å²) in [4.78, 5) is 22.1. The van der Waals surface area contributed by atoms with Crippen LogP contribution >= 0.6 is 0 Å². The van der Waals surface area contributed by atoms with Crippen molar-refractivity contribution in [2.45, 2.75) is 26.3 Å². The van der Waals surface area contributed by atoms with E-state index in [0.717, 1.165) is 11.1 Å². The van der Waals surface area contributed by atoms with Crippen LogP contribution in [0.25, 0.3) is 10.9 Å². The molecule has 0 unspecified atom stereocenters. The second-order valence-corrected chi connectivity index (χ2v) is 3.93. The molecule has 0 atom stereocenters. The topological polar surface area (TPSA) is 75.1 Å². The Morgan fingerprint density at radius 1 is 1.47 bits per heavy atom. The van der Waals surface area contributed by atoms with E-state index in [4.69, 9.17) is 5.11 Å². The molecule has 0 aliphatic heterocycles. The number of H-pyrrole nitrogens is 1. The van der Waals surface area contributed by atoms with Crippen LogP contribution in [-0.2, 0) is 17.8 Å². The Labute approximate surface area is 97.7 Å². The molecule has 90 valence electrons. The highest BCUT2D eigenvalue weighted by Crippen LogP contribution is 2.13. The van der Waals surface area contributed by atoms with Crippen LogP contribution in [0.5, 0.6) is 0 Å². The third-order valence-corrected chi connectivity index (χ3v) is 2.78. The Kier molecular flexibility index (Phi) is 2.99. The summed E-state index contributed by atoms with van der Waals surface area (Å²) < 4.78 is 1.78. The van der Waals surface area contributed by atoms with Gasteiger partial charge in [-0.3, -0.25) is 19.4 Å². The maximum Gasteiger partial charge on any atom is 0.303 e. The molecule has 0 aliphatic carbocycles. The highest BCUT2D eigenvalue weighted by molar-refractivity contribution is 5.79. The third-order valence-electron chi connectivity index (χ3n) is 2.78. The molecule has 1 aromatic heterocycles. The lowest BCUT2D eigenvalue weighted by atomic mass is 10.1. The summed E-state index contributed by atoms with van der Waals surface area (Å²) in [6, 6.07) is 5.49. The molecule has 0 bridgehead atoms. The minimum Gasteiger partial charge on any atom is -0.481 e. The van der Waals surface area contributed by atoms with Crippen LogP contribution in [0.3, 0.4) is 0 Å². The smallest absolute Gasteiger partial charge is 0.303 e. The van der Waals surface area contributed by atoms with Gasteiger partial charge in [-0.2, -0.15) is 0 Å². The van der Waals surface area contributed by atoms with E-state index in [1.54, 1.807) is 10.7 Å². The first kappa shape index (κ1) is 11.4. The van der Waals surface area contributed by atoms with Gasteiger partial charge in [-0.05, 0) is 31.0 Å². The Balaban J connectivity index is 2.40. The number of hydrogen-bond acceptors (Lipinski definition) is 2. The van der Waals surface area contributed by atoms with Crippen molar-refractivity contribution in [1.82, 2.24) is 9.78 Å². The average molecular weight is 234 g/mol. The van der Waals surface area contributed by atoms with Crippen molar-refractivity contribution in [3.63, 3.8) is 0 Å². The fraction of sp³-hybridized carbons (Fsp3) is 0.333. The summed E-state index contributed by atoms with van der Waals surface area (Å²) in [6.07, 6.45) is 0.528. The van der Waals surface area contributed by atoms with Crippen LogP contribution in [0.1, 0.15) is 18.9 Å². The number of hydrogen-bond donors (Lipinski definition) is 2. The molecule has 2 aromatic rings. The summed E-state index contributed by atoms with van der Waals surface area (Å²) in [7, 11) is 0. The van der Waals surface area contributed by atoms with Gasteiger partial charge in [-0.25, -0.2) is 0 Å². The fourth-order valence-electron chi connectivity index (χ4n) is 1.90. The molecule has 0 fully saturated rings. The van der Waals surface area contributed by atoms with Crippen LogP contribution in [0.2, 0.25) is 0 Å². The molecule has 0 amide bonds. The Hall–Kier alpha value is -2.04. The van der Waals surface area contributed by atoms with Crippen LogP contribution in [-0.4, -0.2) is 20.9 Å². The van der Waals surface area contributed by atoms with E-state index in [2.05, 4.69) is 5.10 Å². The van der Waals surface area contributed by atoms with E-state index < -0.39 is 5.97 Å². The molecular formula is C12H14N2O3. The first-order chi connectivity index (χ1) is 8.11. The molecule has 1 aromatic carbocycles. The number of aryl methyl sites for hydroxylation is 2.